The Kier molecular flexibility index (Phi) is 3.38. The van der Waals surface area contributed by atoms with Gasteiger partial charge in [0.1, 0.15) is 17.1 Å². The highest BCUT2D eigenvalue weighted by Gasteiger charge is 2.16. The summed E-state index contributed by atoms with van der Waals surface area (Å²) >= 11 is 0. The quantitative estimate of drug-likeness (QED) is 0.775. The summed E-state index contributed by atoms with van der Waals surface area (Å²) in [5.41, 5.74) is 7.22. The minimum Gasteiger partial charge on any atom is -0.506 e. The SMILES string of the molecule is COc1ccc(-c2nnn(-c3ccccc3O)c2N)cc1F. The Labute approximate surface area is 125 Å². The molecule has 0 aliphatic heterocycles. The molecule has 3 aromatic rings. The third kappa shape index (κ3) is 2.22. The smallest absolute Gasteiger partial charge is 0.165 e. The Hall–Kier alpha value is -3.09. The Morgan fingerprint density at radius 3 is 2.68 bits per heavy atom. The fourth-order valence-electron chi connectivity index (χ4n) is 2.13. The lowest BCUT2D eigenvalue weighted by atomic mass is 10.1. The van der Waals surface area contributed by atoms with Crippen LogP contribution in [0.2, 0.25) is 0 Å². The lowest BCUT2D eigenvalue weighted by molar-refractivity contribution is 0.386. The van der Waals surface area contributed by atoms with Crippen molar-refractivity contribution in [2.45, 2.75) is 0 Å². The second-order valence-electron chi connectivity index (χ2n) is 4.57. The van der Waals surface area contributed by atoms with Crippen LogP contribution < -0.4 is 10.5 Å². The van der Waals surface area contributed by atoms with E-state index < -0.39 is 5.82 Å². The van der Waals surface area contributed by atoms with E-state index in [2.05, 4.69) is 10.3 Å². The van der Waals surface area contributed by atoms with Crippen LogP contribution in [0.4, 0.5) is 10.2 Å². The molecule has 6 nitrogen and oxygen atoms in total. The topological polar surface area (TPSA) is 86.2 Å². The standard InChI is InChI=1S/C15H13FN4O2/c1-22-13-7-6-9(8-10(13)16)14-15(17)20(19-18-14)11-4-2-3-5-12(11)21/h2-8,21H,17H2,1H3. The molecule has 0 aliphatic rings. The zero-order valence-electron chi connectivity index (χ0n) is 11.7. The normalized spacial score (nSPS) is 10.6. The number of nitrogens with two attached hydrogens (primary N) is 1. The number of halogens is 1. The number of benzene rings is 2. The van der Waals surface area contributed by atoms with Crippen LogP contribution in [0, 0.1) is 5.82 Å². The van der Waals surface area contributed by atoms with Gasteiger partial charge in [-0.1, -0.05) is 17.3 Å². The number of aromatic hydroxyl groups is 1. The molecular weight excluding hydrogens is 287 g/mol. The maximum absolute atomic E-state index is 13.8. The van der Waals surface area contributed by atoms with Crippen LogP contribution >= 0.6 is 0 Å². The molecular formula is C15H13FN4O2. The Bertz CT molecular complexity index is 832. The number of ether oxygens (including phenoxy) is 1. The van der Waals surface area contributed by atoms with Crippen molar-refractivity contribution in [1.82, 2.24) is 15.0 Å². The summed E-state index contributed by atoms with van der Waals surface area (Å²) in [7, 11) is 1.39. The van der Waals surface area contributed by atoms with Gasteiger partial charge in [0.05, 0.1) is 7.11 Å². The van der Waals surface area contributed by atoms with Gasteiger partial charge in [0.2, 0.25) is 0 Å². The van der Waals surface area contributed by atoms with E-state index in [1.165, 1.54) is 30.0 Å². The van der Waals surface area contributed by atoms with Crippen molar-refractivity contribution in [2.75, 3.05) is 12.8 Å². The van der Waals surface area contributed by atoms with Gasteiger partial charge < -0.3 is 15.6 Å². The number of hydrogen-bond acceptors (Lipinski definition) is 5. The predicted molar refractivity (Wildman–Crippen MR) is 79.4 cm³/mol. The summed E-state index contributed by atoms with van der Waals surface area (Å²) in [6, 6.07) is 11.0. The molecule has 0 amide bonds. The number of para-hydroxylation sites is 2. The first-order valence-corrected chi connectivity index (χ1v) is 6.45. The van der Waals surface area contributed by atoms with Gasteiger partial charge in [-0.3, -0.25) is 0 Å². The molecule has 0 saturated carbocycles. The summed E-state index contributed by atoms with van der Waals surface area (Å²) in [5.74, 6) is -0.162. The van der Waals surface area contributed by atoms with Crippen LogP contribution in [0.1, 0.15) is 0 Å². The van der Waals surface area contributed by atoms with Crippen molar-refractivity contribution >= 4 is 5.82 Å². The molecule has 0 fully saturated rings. The van der Waals surface area contributed by atoms with E-state index in [1.54, 1.807) is 24.3 Å². The van der Waals surface area contributed by atoms with Crippen LogP contribution in [0.5, 0.6) is 11.5 Å². The van der Waals surface area contributed by atoms with Crippen molar-refractivity contribution in [3.8, 4) is 28.4 Å². The molecule has 2 aromatic carbocycles. The highest BCUT2D eigenvalue weighted by atomic mass is 19.1. The molecule has 1 heterocycles. The maximum atomic E-state index is 13.8. The lowest BCUT2D eigenvalue weighted by Gasteiger charge is -2.06. The van der Waals surface area contributed by atoms with Gasteiger partial charge in [0.25, 0.3) is 0 Å². The van der Waals surface area contributed by atoms with Gasteiger partial charge in [-0.25, -0.2) is 4.39 Å². The first kappa shape index (κ1) is 13.9. The van der Waals surface area contributed by atoms with Crippen molar-refractivity contribution in [1.29, 1.82) is 0 Å². The molecule has 0 atom stereocenters. The molecule has 0 unspecified atom stereocenters. The summed E-state index contributed by atoms with van der Waals surface area (Å²) in [4.78, 5) is 0. The number of hydrogen-bond donors (Lipinski definition) is 2. The molecule has 22 heavy (non-hydrogen) atoms. The number of phenols is 1. The van der Waals surface area contributed by atoms with E-state index in [0.29, 0.717) is 16.9 Å². The van der Waals surface area contributed by atoms with Crippen molar-refractivity contribution in [3.63, 3.8) is 0 Å². The van der Waals surface area contributed by atoms with Crippen molar-refractivity contribution in [3.05, 3.63) is 48.3 Å². The predicted octanol–water partition coefficient (Wildman–Crippen LogP) is 2.37. The summed E-state index contributed by atoms with van der Waals surface area (Å²) in [5, 5.41) is 17.8. The van der Waals surface area contributed by atoms with E-state index in [1.807, 2.05) is 0 Å². The van der Waals surface area contributed by atoms with Gasteiger partial charge in [-0.15, -0.1) is 5.10 Å². The van der Waals surface area contributed by atoms with E-state index in [-0.39, 0.29) is 17.3 Å². The minimum absolute atomic E-state index is 0.0200. The summed E-state index contributed by atoms with van der Waals surface area (Å²) < 4.78 is 20.0. The van der Waals surface area contributed by atoms with Crippen LogP contribution in [0.15, 0.2) is 42.5 Å². The number of phenolic OH excluding ortho intramolecular Hbond substituents is 1. The van der Waals surface area contributed by atoms with Gasteiger partial charge in [0, 0.05) is 5.56 Å². The molecule has 0 saturated heterocycles. The van der Waals surface area contributed by atoms with Crippen LogP contribution in [-0.4, -0.2) is 27.2 Å². The fraction of sp³-hybridized carbons (Fsp3) is 0.0667. The first-order chi connectivity index (χ1) is 10.6. The summed E-state index contributed by atoms with van der Waals surface area (Å²) in [6.45, 7) is 0. The van der Waals surface area contributed by atoms with Gasteiger partial charge in [-0.05, 0) is 30.3 Å². The number of nitrogen functional groups attached to an aromatic ring is 1. The Balaban J connectivity index is 2.08. The van der Waals surface area contributed by atoms with Gasteiger partial charge in [-0.2, -0.15) is 4.68 Å². The van der Waals surface area contributed by atoms with E-state index >= 15 is 0 Å². The molecule has 0 spiro atoms. The van der Waals surface area contributed by atoms with Crippen LogP contribution in [-0.2, 0) is 0 Å². The van der Waals surface area contributed by atoms with Gasteiger partial charge in [0.15, 0.2) is 17.4 Å². The monoisotopic (exact) mass is 300 g/mol. The average molecular weight is 300 g/mol. The molecule has 1 aromatic heterocycles. The fourth-order valence-corrected chi connectivity index (χ4v) is 2.13. The Morgan fingerprint density at radius 1 is 1.23 bits per heavy atom. The van der Waals surface area contributed by atoms with Crippen molar-refractivity contribution in [2.24, 2.45) is 0 Å². The Morgan fingerprint density at radius 2 is 2.00 bits per heavy atom. The second kappa shape index (κ2) is 5.36. The zero-order chi connectivity index (χ0) is 15.7. The minimum atomic E-state index is -0.517. The highest BCUT2D eigenvalue weighted by Crippen LogP contribution is 2.30. The number of nitrogens with zero attached hydrogens (tertiary/aromatic N) is 3. The molecule has 112 valence electrons. The number of aromatic nitrogens is 3. The van der Waals surface area contributed by atoms with E-state index in [0.717, 1.165) is 0 Å². The lowest BCUT2D eigenvalue weighted by Crippen LogP contribution is -2.02. The van der Waals surface area contributed by atoms with Crippen molar-refractivity contribution < 1.29 is 14.2 Å². The van der Waals surface area contributed by atoms with E-state index in [9.17, 15) is 9.50 Å². The zero-order valence-corrected chi connectivity index (χ0v) is 11.7. The molecule has 3 N–H and O–H groups in total. The largest absolute Gasteiger partial charge is 0.506 e. The number of rotatable bonds is 3. The molecule has 0 aliphatic carbocycles. The molecule has 7 heteroatoms. The van der Waals surface area contributed by atoms with E-state index in [4.69, 9.17) is 10.5 Å². The van der Waals surface area contributed by atoms with Crippen LogP contribution in [0.3, 0.4) is 0 Å². The third-order valence-electron chi connectivity index (χ3n) is 3.24. The number of anilines is 1. The average Bonchev–Trinajstić information content (AvgIpc) is 2.89. The third-order valence-corrected chi connectivity index (χ3v) is 3.24. The first-order valence-electron chi connectivity index (χ1n) is 6.45. The van der Waals surface area contributed by atoms with Gasteiger partial charge >= 0.3 is 0 Å². The van der Waals surface area contributed by atoms with Crippen LogP contribution in [0.25, 0.3) is 16.9 Å². The second-order valence-corrected chi connectivity index (χ2v) is 4.57. The molecule has 3 rings (SSSR count). The maximum Gasteiger partial charge on any atom is 0.165 e. The summed E-state index contributed by atoms with van der Waals surface area (Å²) in [6.07, 6.45) is 0. The molecule has 0 bridgehead atoms. The number of methoxy groups -OCH3 is 1. The highest BCUT2D eigenvalue weighted by molar-refractivity contribution is 5.72. The molecule has 0 radical (unpaired) electrons.